The second kappa shape index (κ2) is 8.40. The number of amides is 2. The van der Waals surface area contributed by atoms with Crippen molar-refractivity contribution in [2.45, 2.75) is 13.0 Å². The first-order chi connectivity index (χ1) is 13.0. The zero-order chi connectivity index (χ0) is 19.2. The number of rotatable bonds is 7. The molecule has 1 aromatic heterocycles. The molecule has 0 aliphatic heterocycles. The van der Waals surface area contributed by atoms with Gasteiger partial charge in [-0.1, -0.05) is 18.2 Å². The maximum absolute atomic E-state index is 12.2. The van der Waals surface area contributed by atoms with Crippen LogP contribution in [0.2, 0.25) is 0 Å². The van der Waals surface area contributed by atoms with Crippen molar-refractivity contribution in [2.75, 3.05) is 26.0 Å². The van der Waals surface area contributed by atoms with Crippen molar-refractivity contribution in [3.8, 4) is 5.75 Å². The largest absolute Gasteiger partial charge is 0.484 e. The number of para-hydroxylation sites is 1. The van der Waals surface area contributed by atoms with Gasteiger partial charge in [0, 0.05) is 44.5 Å². The van der Waals surface area contributed by atoms with E-state index in [2.05, 4.69) is 16.0 Å². The fourth-order valence-corrected chi connectivity index (χ4v) is 2.69. The minimum atomic E-state index is -0.107. The second-order valence-corrected chi connectivity index (χ2v) is 6.47. The standard InChI is InChI=1S/C21H23N3O3/c1-23(2)21(26)15-27-18-9-7-17(8-10-18)22-20(25)12-14-24-13-11-16-5-3-4-6-19(16)24/h3-11,13H,12,14-15H2,1-2H3,(H,22,25). The molecule has 27 heavy (non-hydrogen) atoms. The molecule has 1 heterocycles. The SMILES string of the molecule is CN(C)C(=O)COc1ccc(NC(=O)CCn2ccc3ccccc32)cc1. The number of ether oxygens (including phenoxy) is 1. The highest BCUT2D eigenvalue weighted by atomic mass is 16.5. The lowest BCUT2D eigenvalue weighted by atomic mass is 10.2. The third kappa shape index (κ3) is 4.88. The number of nitrogens with zero attached hydrogens (tertiary/aromatic N) is 2. The van der Waals surface area contributed by atoms with Gasteiger partial charge < -0.3 is 19.5 Å². The first-order valence-electron chi connectivity index (χ1n) is 8.79. The highest BCUT2D eigenvalue weighted by Crippen LogP contribution is 2.17. The summed E-state index contributed by atoms with van der Waals surface area (Å²) in [6.45, 7) is 0.608. The van der Waals surface area contributed by atoms with Gasteiger partial charge in [-0.2, -0.15) is 0 Å². The van der Waals surface area contributed by atoms with Crippen molar-refractivity contribution in [3.63, 3.8) is 0 Å². The maximum Gasteiger partial charge on any atom is 0.259 e. The van der Waals surface area contributed by atoms with Gasteiger partial charge in [0.25, 0.3) is 5.91 Å². The maximum atomic E-state index is 12.2. The Morgan fingerprint density at radius 1 is 1.04 bits per heavy atom. The summed E-state index contributed by atoms with van der Waals surface area (Å²) < 4.78 is 7.50. The smallest absolute Gasteiger partial charge is 0.259 e. The van der Waals surface area contributed by atoms with E-state index >= 15 is 0 Å². The van der Waals surface area contributed by atoms with Crippen molar-refractivity contribution >= 4 is 28.4 Å². The van der Waals surface area contributed by atoms with Crippen LogP contribution >= 0.6 is 0 Å². The van der Waals surface area contributed by atoms with Gasteiger partial charge in [-0.15, -0.1) is 0 Å². The topological polar surface area (TPSA) is 63.6 Å². The van der Waals surface area contributed by atoms with E-state index in [1.807, 2.05) is 30.5 Å². The van der Waals surface area contributed by atoms with Crippen LogP contribution < -0.4 is 10.1 Å². The van der Waals surface area contributed by atoms with Crippen molar-refractivity contribution in [2.24, 2.45) is 0 Å². The first kappa shape index (κ1) is 18.5. The Hall–Kier alpha value is -3.28. The zero-order valence-electron chi connectivity index (χ0n) is 15.5. The molecule has 2 amide bonds. The Balaban J connectivity index is 1.50. The summed E-state index contributed by atoms with van der Waals surface area (Å²) in [6.07, 6.45) is 2.38. The third-order valence-electron chi connectivity index (χ3n) is 4.26. The molecule has 0 radical (unpaired) electrons. The van der Waals surface area contributed by atoms with Gasteiger partial charge in [-0.25, -0.2) is 0 Å². The third-order valence-corrected chi connectivity index (χ3v) is 4.26. The van der Waals surface area contributed by atoms with E-state index in [1.165, 1.54) is 10.3 Å². The summed E-state index contributed by atoms with van der Waals surface area (Å²) in [4.78, 5) is 25.2. The molecule has 0 fully saturated rings. The lowest BCUT2D eigenvalue weighted by Gasteiger charge is -2.12. The van der Waals surface area contributed by atoms with Gasteiger partial charge in [0.15, 0.2) is 6.61 Å². The number of hydrogen-bond donors (Lipinski definition) is 1. The van der Waals surface area contributed by atoms with Crippen LogP contribution in [-0.2, 0) is 16.1 Å². The number of hydrogen-bond acceptors (Lipinski definition) is 3. The molecule has 0 saturated heterocycles. The van der Waals surface area contributed by atoms with Gasteiger partial charge >= 0.3 is 0 Å². The van der Waals surface area contributed by atoms with Gasteiger partial charge in [-0.3, -0.25) is 9.59 Å². The molecule has 6 nitrogen and oxygen atoms in total. The zero-order valence-corrected chi connectivity index (χ0v) is 15.5. The predicted octanol–water partition coefficient (Wildman–Crippen LogP) is 3.14. The molecule has 6 heteroatoms. The fraction of sp³-hybridized carbons (Fsp3) is 0.238. The monoisotopic (exact) mass is 365 g/mol. The van der Waals surface area contributed by atoms with Crippen LogP contribution in [0.1, 0.15) is 6.42 Å². The molecule has 0 atom stereocenters. The van der Waals surface area contributed by atoms with Crippen LogP contribution in [0.4, 0.5) is 5.69 Å². The van der Waals surface area contributed by atoms with Crippen molar-refractivity contribution < 1.29 is 14.3 Å². The number of carbonyl (C=O) groups excluding carboxylic acids is 2. The van der Waals surface area contributed by atoms with E-state index in [0.717, 1.165) is 5.52 Å². The molecule has 0 aliphatic carbocycles. The van der Waals surface area contributed by atoms with Crippen LogP contribution in [0.25, 0.3) is 10.9 Å². The lowest BCUT2D eigenvalue weighted by Crippen LogP contribution is -2.27. The summed E-state index contributed by atoms with van der Waals surface area (Å²) in [5.41, 5.74) is 1.82. The minimum Gasteiger partial charge on any atom is -0.484 e. The predicted molar refractivity (Wildman–Crippen MR) is 106 cm³/mol. The van der Waals surface area contributed by atoms with Crippen LogP contribution in [0.5, 0.6) is 5.75 Å². The van der Waals surface area contributed by atoms with E-state index in [9.17, 15) is 9.59 Å². The number of carbonyl (C=O) groups is 2. The number of nitrogens with one attached hydrogen (secondary N) is 1. The highest BCUT2D eigenvalue weighted by Gasteiger charge is 2.07. The normalized spacial score (nSPS) is 10.6. The Bertz CT molecular complexity index is 929. The second-order valence-electron chi connectivity index (χ2n) is 6.47. The van der Waals surface area contributed by atoms with Gasteiger partial charge in [0.05, 0.1) is 0 Å². The molecular formula is C21H23N3O3. The van der Waals surface area contributed by atoms with Crippen molar-refractivity contribution in [3.05, 3.63) is 60.8 Å². The molecular weight excluding hydrogens is 342 g/mol. The minimum absolute atomic E-state index is 0.0104. The quantitative estimate of drug-likeness (QED) is 0.700. The van der Waals surface area contributed by atoms with E-state index in [0.29, 0.717) is 24.4 Å². The van der Waals surface area contributed by atoms with E-state index in [1.54, 1.807) is 38.4 Å². The van der Waals surface area contributed by atoms with E-state index < -0.39 is 0 Å². The average molecular weight is 365 g/mol. The molecule has 0 unspecified atom stereocenters. The van der Waals surface area contributed by atoms with E-state index in [4.69, 9.17) is 4.74 Å². The summed E-state index contributed by atoms with van der Waals surface area (Å²) in [5, 5.41) is 4.05. The summed E-state index contributed by atoms with van der Waals surface area (Å²) in [6, 6.07) is 17.1. The molecule has 1 N–H and O–H groups in total. The first-order valence-corrected chi connectivity index (χ1v) is 8.79. The van der Waals surface area contributed by atoms with Gasteiger partial charge in [0.2, 0.25) is 5.91 Å². The average Bonchev–Trinajstić information content (AvgIpc) is 3.08. The number of aryl methyl sites for hydroxylation is 1. The molecule has 140 valence electrons. The molecule has 3 aromatic rings. The van der Waals surface area contributed by atoms with Gasteiger partial charge in [-0.05, 0) is 41.8 Å². The van der Waals surface area contributed by atoms with Crippen molar-refractivity contribution in [1.29, 1.82) is 0 Å². The van der Waals surface area contributed by atoms with Crippen LogP contribution in [0.15, 0.2) is 60.8 Å². The van der Waals surface area contributed by atoms with Crippen LogP contribution in [-0.4, -0.2) is 42.0 Å². The number of aromatic nitrogens is 1. The summed E-state index contributed by atoms with van der Waals surface area (Å²) >= 11 is 0. The number of benzene rings is 2. The molecule has 0 bridgehead atoms. The Labute approximate surface area is 158 Å². The lowest BCUT2D eigenvalue weighted by molar-refractivity contribution is -0.130. The van der Waals surface area contributed by atoms with Crippen LogP contribution in [0, 0.1) is 0 Å². The molecule has 0 aliphatic rings. The molecule has 0 saturated carbocycles. The number of fused-ring (bicyclic) bond motifs is 1. The Morgan fingerprint density at radius 3 is 2.52 bits per heavy atom. The number of anilines is 1. The Morgan fingerprint density at radius 2 is 1.78 bits per heavy atom. The highest BCUT2D eigenvalue weighted by molar-refractivity contribution is 5.91. The molecule has 2 aromatic carbocycles. The molecule has 0 spiro atoms. The van der Waals surface area contributed by atoms with E-state index in [-0.39, 0.29) is 18.4 Å². The van der Waals surface area contributed by atoms with Crippen LogP contribution in [0.3, 0.4) is 0 Å². The summed E-state index contributed by atoms with van der Waals surface area (Å²) in [5.74, 6) is 0.427. The number of likely N-dealkylation sites (N-methyl/N-ethyl adjacent to an activating group) is 1. The van der Waals surface area contributed by atoms with Gasteiger partial charge in [0.1, 0.15) is 5.75 Å². The van der Waals surface area contributed by atoms with Crippen molar-refractivity contribution in [1.82, 2.24) is 9.47 Å². The molecule has 3 rings (SSSR count). The Kier molecular flexibility index (Phi) is 5.76. The fourth-order valence-electron chi connectivity index (χ4n) is 2.69. The summed E-state index contributed by atoms with van der Waals surface area (Å²) in [7, 11) is 3.36.